The predicted octanol–water partition coefficient (Wildman–Crippen LogP) is 3.61. The molecule has 5 atom stereocenters. The molecule has 0 aliphatic heterocycles. The zero-order chi connectivity index (χ0) is 16.8. The number of carbonyl (C=O) groups is 1. The highest BCUT2D eigenvalue weighted by molar-refractivity contribution is 6.29. The number of fused-ring (bicyclic) bond motifs is 2. The Labute approximate surface area is 142 Å². The van der Waals surface area contributed by atoms with Crippen molar-refractivity contribution in [3.63, 3.8) is 0 Å². The van der Waals surface area contributed by atoms with Crippen LogP contribution >= 0.6 is 0 Å². The monoisotopic (exact) mass is 306 g/mol. The number of hydrogen-bond donors (Lipinski definition) is 0. The predicted molar refractivity (Wildman–Crippen MR) is 93.6 cm³/mol. The molecule has 0 N–H and O–H groups in total. The van der Waals surface area contributed by atoms with Crippen molar-refractivity contribution in [2.24, 2.45) is 16.7 Å². The first-order valence-corrected chi connectivity index (χ1v) is 8.54. The van der Waals surface area contributed by atoms with Crippen LogP contribution in [0.1, 0.15) is 51.4 Å². The van der Waals surface area contributed by atoms with Gasteiger partial charge in [-0.15, -0.1) is 0 Å². The van der Waals surface area contributed by atoms with Gasteiger partial charge >= 0.3 is 0 Å². The molecule has 1 aromatic rings. The minimum absolute atomic E-state index is 0.0437. The third-order valence-corrected chi connectivity index (χ3v) is 6.82. The molecule has 4 radical (unpaired) electrons. The zero-order valence-corrected chi connectivity index (χ0v) is 14.3. The summed E-state index contributed by atoms with van der Waals surface area (Å²) in [5.74, 6) is -1.12. The smallest absolute Gasteiger partial charge is 0.300 e. The lowest BCUT2D eigenvalue weighted by molar-refractivity contribution is -0.156. The van der Waals surface area contributed by atoms with E-state index >= 15 is 0 Å². The first-order chi connectivity index (χ1) is 10.8. The van der Waals surface area contributed by atoms with Crippen LogP contribution in [-0.4, -0.2) is 27.8 Å². The van der Waals surface area contributed by atoms with E-state index in [1.54, 1.807) is 0 Å². The molecule has 2 bridgehead atoms. The Morgan fingerprint density at radius 2 is 1.87 bits per heavy atom. The maximum Gasteiger partial charge on any atom is 0.300 e. The molecule has 0 saturated heterocycles. The Bertz CT molecular complexity index is 586. The van der Waals surface area contributed by atoms with Crippen LogP contribution in [0, 0.1) is 16.7 Å². The van der Waals surface area contributed by atoms with E-state index in [1.807, 2.05) is 30.3 Å². The highest BCUT2D eigenvalue weighted by Crippen LogP contribution is 2.66. The van der Waals surface area contributed by atoms with Gasteiger partial charge in [-0.05, 0) is 36.4 Å². The Morgan fingerprint density at radius 1 is 1.22 bits per heavy atom. The highest BCUT2D eigenvalue weighted by atomic mass is 16.5. The van der Waals surface area contributed by atoms with Crippen molar-refractivity contribution in [1.82, 2.24) is 0 Å². The van der Waals surface area contributed by atoms with Gasteiger partial charge in [0, 0.05) is 11.2 Å². The molecule has 0 heterocycles. The molecule has 1 aromatic carbocycles. The lowest BCUT2D eigenvalue weighted by Crippen LogP contribution is -2.39. The summed E-state index contributed by atoms with van der Waals surface area (Å²) < 4.78 is 5.84. The summed E-state index contributed by atoms with van der Waals surface area (Å²) >= 11 is 0. The van der Waals surface area contributed by atoms with Crippen LogP contribution in [0.25, 0.3) is 0 Å². The molecule has 2 nitrogen and oxygen atoms in total. The summed E-state index contributed by atoms with van der Waals surface area (Å²) in [6.07, 6.45) is 3.25. The number of carbonyl (C=O) groups excluding carboxylic acids is 1. The fourth-order valence-corrected chi connectivity index (χ4v) is 4.56. The molecule has 4 heteroatoms. The first-order valence-electron chi connectivity index (χ1n) is 8.54. The topological polar surface area (TPSA) is 26.3 Å². The van der Waals surface area contributed by atoms with Crippen LogP contribution < -0.4 is 0 Å². The summed E-state index contributed by atoms with van der Waals surface area (Å²) in [6.45, 7) is 6.85. The largest absolute Gasteiger partial charge is 0.462 e. The molecule has 23 heavy (non-hydrogen) atoms. The van der Waals surface area contributed by atoms with Crippen molar-refractivity contribution >= 4 is 21.7 Å². The van der Waals surface area contributed by atoms with E-state index in [2.05, 4.69) is 20.8 Å². The van der Waals surface area contributed by atoms with Crippen LogP contribution in [-0.2, 0) is 9.53 Å². The van der Waals surface area contributed by atoms with Gasteiger partial charge in [-0.3, -0.25) is 4.79 Å². The molecule has 2 aliphatic carbocycles. The fraction of sp³-hybridized carbons (Fsp3) is 0.632. The van der Waals surface area contributed by atoms with E-state index in [1.165, 1.54) is 6.42 Å². The summed E-state index contributed by atoms with van der Waals surface area (Å²) in [6, 6.07) is 9.48. The van der Waals surface area contributed by atoms with Crippen LogP contribution in [0.5, 0.6) is 0 Å². The second kappa shape index (κ2) is 5.72. The van der Waals surface area contributed by atoms with Gasteiger partial charge in [0.15, 0.2) is 0 Å². The van der Waals surface area contributed by atoms with Crippen LogP contribution in [0.2, 0.25) is 5.82 Å². The molecule has 0 spiro atoms. The fourth-order valence-electron chi connectivity index (χ4n) is 4.56. The minimum Gasteiger partial charge on any atom is -0.462 e. The van der Waals surface area contributed by atoms with E-state index in [0.717, 1.165) is 18.4 Å². The summed E-state index contributed by atoms with van der Waals surface area (Å²) in [7, 11) is 12.2. The van der Waals surface area contributed by atoms with Gasteiger partial charge in [-0.2, -0.15) is 0 Å². The van der Waals surface area contributed by atoms with E-state index in [-0.39, 0.29) is 22.9 Å². The molecule has 2 fully saturated rings. The van der Waals surface area contributed by atoms with Crippen molar-refractivity contribution in [2.45, 2.75) is 57.8 Å². The number of benzene rings is 1. The van der Waals surface area contributed by atoms with Gasteiger partial charge in [0.05, 0.1) is 15.7 Å². The lowest BCUT2D eigenvalue weighted by Gasteiger charge is -2.39. The minimum atomic E-state index is -0.830. The molecule has 2 aliphatic rings. The van der Waals surface area contributed by atoms with Gasteiger partial charge in [0.2, 0.25) is 0 Å². The summed E-state index contributed by atoms with van der Waals surface area (Å²) in [5.41, 5.74) is 1.12. The number of ether oxygens (including phenoxy) is 1. The van der Waals surface area contributed by atoms with Gasteiger partial charge in [0.1, 0.15) is 6.10 Å². The lowest BCUT2D eigenvalue weighted by atomic mass is 9.63. The van der Waals surface area contributed by atoms with Crippen LogP contribution in [0.3, 0.4) is 0 Å². The quantitative estimate of drug-likeness (QED) is 0.627. The van der Waals surface area contributed by atoms with E-state index in [0.29, 0.717) is 5.92 Å². The van der Waals surface area contributed by atoms with Crippen molar-refractivity contribution in [1.29, 1.82) is 0 Å². The number of rotatable bonds is 4. The van der Waals surface area contributed by atoms with Gasteiger partial charge in [0.25, 0.3) is 5.97 Å². The standard InChI is InChI=1S/C19H24B2O2/c1-18(2)13-9-10-19(18,3)14(11-13)23-17(22)16(21)15(20)12-7-5-4-6-8-12/h4-8,13-16H,9-11H2,1-3H3/t13-,14?,15?,16?,19+/m0/s1. The molecule has 0 aromatic heterocycles. The van der Waals surface area contributed by atoms with Crippen molar-refractivity contribution in [3.05, 3.63) is 35.9 Å². The van der Waals surface area contributed by atoms with Gasteiger partial charge < -0.3 is 4.74 Å². The molecular weight excluding hydrogens is 282 g/mol. The van der Waals surface area contributed by atoms with Gasteiger partial charge in [-0.25, -0.2) is 0 Å². The van der Waals surface area contributed by atoms with Gasteiger partial charge in [-0.1, -0.05) is 56.7 Å². The van der Waals surface area contributed by atoms with E-state index < -0.39 is 11.6 Å². The third kappa shape index (κ3) is 2.55. The molecule has 2 saturated carbocycles. The van der Waals surface area contributed by atoms with E-state index in [9.17, 15) is 4.79 Å². The maximum absolute atomic E-state index is 12.5. The normalized spacial score (nSPS) is 34.0. The Morgan fingerprint density at radius 3 is 2.39 bits per heavy atom. The number of esters is 1. The summed E-state index contributed by atoms with van der Waals surface area (Å²) in [5, 5.41) is 0. The van der Waals surface area contributed by atoms with Crippen molar-refractivity contribution in [3.8, 4) is 0 Å². The van der Waals surface area contributed by atoms with E-state index in [4.69, 9.17) is 20.4 Å². The average molecular weight is 306 g/mol. The van der Waals surface area contributed by atoms with Crippen LogP contribution in [0.15, 0.2) is 30.3 Å². The Hall–Kier alpha value is -1.18. The SMILES string of the molecule is [B]C(C(=O)OC1C[C@@H]2CC[C@@]1(C)C2(C)C)C([B])c1ccccc1. The Balaban J connectivity index is 1.68. The van der Waals surface area contributed by atoms with Crippen molar-refractivity contribution in [2.75, 3.05) is 0 Å². The number of hydrogen-bond acceptors (Lipinski definition) is 2. The Kier molecular flexibility index (Phi) is 4.14. The highest BCUT2D eigenvalue weighted by Gasteiger charge is 2.62. The third-order valence-electron chi connectivity index (χ3n) is 6.82. The second-order valence-electron chi connectivity index (χ2n) is 8.00. The zero-order valence-electron chi connectivity index (χ0n) is 14.3. The molecule has 0 amide bonds. The van der Waals surface area contributed by atoms with Crippen molar-refractivity contribution < 1.29 is 9.53 Å². The maximum atomic E-state index is 12.5. The average Bonchev–Trinajstić information content (AvgIpc) is 2.87. The first kappa shape index (κ1) is 16.7. The molecule has 3 rings (SSSR count). The molecule has 118 valence electrons. The molecular formula is C19H24B2O2. The summed E-state index contributed by atoms with van der Waals surface area (Å²) in [4.78, 5) is 12.5. The second-order valence-corrected chi connectivity index (χ2v) is 8.00. The van der Waals surface area contributed by atoms with Crippen LogP contribution in [0.4, 0.5) is 0 Å². The molecule has 3 unspecified atom stereocenters.